The second-order valence-corrected chi connectivity index (χ2v) is 8.53. The summed E-state index contributed by atoms with van der Waals surface area (Å²) in [5, 5.41) is 0. The van der Waals surface area contributed by atoms with Crippen LogP contribution in [0.2, 0.25) is 0 Å². The van der Waals surface area contributed by atoms with Crippen LogP contribution in [0.15, 0.2) is 71.6 Å². The van der Waals surface area contributed by atoms with Gasteiger partial charge in [0.25, 0.3) is 0 Å². The summed E-state index contributed by atoms with van der Waals surface area (Å²) in [6.45, 7) is 5.73. The first-order chi connectivity index (χ1) is 12.9. The highest BCUT2D eigenvalue weighted by Gasteiger charge is 2.45. The maximum absolute atomic E-state index is 13.5. The van der Waals surface area contributed by atoms with Gasteiger partial charge in [-0.2, -0.15) is 4.31 Å². The molecule has 5 nitrogen and oxygen atoms in total. The molecule has 1 saturated heterocycles. The lowest BCUT2D eigenvalue weighted by Crippen LogP contribution is -2.39. The van der Waals surface area contributed by atoms with Crippen molar-refractivity contribution in [3.63, 3.8) is 0 Å². The Balaban J connectivity index is 2.08. The molecule has 0 aromatic heterocycles. The van der Waals surface area contributed by atoms with Crippen LogP contribution >= 0.6 is 0 Å². The van der Waals surface area contributed by atoms with Crippen LogP contribution in [0.5, 0.6) is 0 Å². The van der Waals surface area contributed by atoms with Crippen molar-refractivity contribution in [2.24, 2.45) is 0 Å². The van der Waals surface area contributed by atoms with Crippen LogP contribution in [0.3, 0.4) is 0 Å². The first-order valence-corrected chi connectivity index (χ1v) is 10.2. The van der Waals surface area contributed by atoms with Gasteiger partial charge in [-0.25, -0.2) is 13.2 Å². The zero-order chi connectivity index (χ0) is 19.6. The summed E-state index contributed by atoms with van der Waals surface area (Å²) in [7, 11) is -2.55. The molecular formula is C21H23NO4S. The fourth-order valence-electron chi connectivity index (χ4n) is 3.54. The number of carbonyl (C=O) groups excluding carboxylic acids is 1. The third-order valence-electron chi connectivity index (χ3n) is 4.96. The Kier molecular flexibility index (Phi) is 5.48. The van der Waals surface area contributed by atoms with Crippen LogP contribution in [0.25, 0.3) is 0 Å². The highest BCUT2D eigenvalue weighted by atomic mass is 32.2. The SMILES string of the molecule is C=C(C(=O)OC)[C@H]1CC[C@@H](c2ccccc2)N1S(=O)(=O)c1ccc(C)cc1. The molecule has 0 spiro atoms. The quantitative estimate of drug-likeness (QED) is 0.583. The molecule has 3 rings (SSSR count). The average molecular weight is 385 g/mol. The van der Waals surface area contributed by atoms with Gasteiger partial charge in [-0.15, -0.1) is 0 Å². The van der Waals surface area contributed by atoms with E-state index in [1.54, 1.807) is 24.3 Å². The molecule has 2 aromatic rings. The van der Waals surface area contributed by atoms with Gasteiger partial charge < -0.3 is 4.74 Å². The maximum atomic E-state index is 13.5. The van der Waals surface area contributed by atoms with Crippen molar-refractivity contribution in [1.29, 1.82) is 0 Å². The van der Waals surface area contributed by atoms with Gasteiger partial charge in [-0.05, 0) is 37.5 Å². The monoisotopic (exact) mass is 385 g/mol. The Labute approximate surface area is 160 Å². The van der Waals surface area contributed by atoms with Crippen LogP contribution < -0.4 is 0 Å². The molecule has 6 heteroatoms. The molecule has 0 radical (unpaired) electrons. The zero-order valence-electron chi connectivity index (χ0n) is 15.5. The number of esters is 1. The van der Waals surface area contributed by atoms with Gasteiger partial charge in [-0.3, -0.25) is 0 Å². The first kappa shape index (κ1) is 19.3. The van der Waals surface area contributed by atoms with Gasteiger partial charge in [0.2, 0.25) is 10.0 Å². The molecule has 0 unspecified atom stereocenters. The van der Waals surface area contributed by atoms with Crippen molar-refractivity contribution in [1.82, 2.24) is 4.31 Å². The lowest BCUT2D eigenvalue weighted by Gasteiger charge is -2.30. The molecular weight excluding hydrogens is 362 g/mol. The van der Waals surface area contributed by atoms with Gasteiger partial charge in [0.1, 0.15) is 0 Å². The number of rotatable bonds is 5. The summed E-state index contributed by atoms with van der Waals surface area (Å²) in [5.41, 5.74) is 2.03. The van der Waals surface area contributed by atoms with E-state index in [1.165, 1.54) is 11.4 Å². The lowest BCUT2D eigenvalue weighted by atomic mass is 10.0. The summed E-state index contributed by atoms with van der Waals surface area (Å²) in [6, 6.07) is 15.2. The summed E-state index contributed by atoms with van der Waals surface area (Å²) < 4.78 is 33.2. The standard InChI is InChI=1S/C21H23NO4S/c1-15-9-11-18(12-10-15)27(24,25)22-19(16(2)21(23)26-3)13-14-20(22)17-7-5-4-6-8-17/h4-12,19-20H,2,13-14H2,1,3H3/t19-,20+/m1/s1. The second-order valence-electron chi connectivity index (χ2n) is 6.68. The van der Waals surface area contributed by atoms with E-state index in [0.29, 0.717) is 12.8 Å². The topological polar surface area (TPSA) is 63.7 Å². The Morgan fingerprint density at radius 1 is 1.07 bits per heavy atom. The van der Waals surface area contributed by atoms with Crippen LogP contribution in [0.1, 0.15) is 30.0 Å². The Hall–Kier alpha value is -2.44. The molecule has 1 aliphatic rings. The number of hydrogen-bond acceptors (Lipinski definition) is 4. The molecule has 142 valence electrons. The number of carbonyl (C=O) groups is 1. The maximum Gasteiger partial charge on any atom is 0.334 e. The lowest BCUT2D eigenvalue weighted by molar-refractivity contribution is -0.136. The smallest absolute Gasteiger partial charge is 0.334 e. The van der Waals surface area contributed by atoms with Crippen molar-refractivity contribution < 1.29 is 17.9 Å². The normalized spacial score (nSPS) is 20.4. The summed E-state index contributed by atoms with van der Waals surface area (Å²) >= 11 is 0. The molecule has 1 aliphatic heterocycles. The van der Waals surface area contributed by atoms with E-state index in [-0.39, 0.29) is 16.5 Å². The second kappa shape index (κ2) is 7.66. The number of sulfonamides is 1. The van der Waals surface area contributed by atoms with Crippen LogP contribution in [-0.2, 0) is 19.6 Å². The predicted octanol–water partition coefficient (Wildman–Crippen LogP) is 3.62. The molecule has 27 heavy (non-hydrogen) atoms. The van der Waals surface area contributed by atoms with Gasteiger partial charge in [0.05, 0.1) is 24.1 Å². The highest BCUT2D eigenvalue weighted by molar-refractivity contribution is 7.89. The number of ether oxygens (including phenoxy) is 1. The number of nitrogens with zero attached hydrogens (tertiary/aromatic N) is 1. The van der Waals surface area contributed by atoms with E-state index >= 15 is 0 Å². The minimum absolute atomic E-state index is 0.159. The summed E-state index contributed by atoms with van der Waals surface area (Å²) in [5.74, 6) is -0.585. The largest absolute Gasteiger partial charge is 0.466 e. The Bertz CT molecular complexity index is 936. The molecule has 0 amide bonds. The fourth-order valence-corrected chi connectivity index (χ4v) is 5.39. The third-order valence-corrected chi connectivity index (χ3v) is 6.89. The van der Waals surface area contributed by atoms with E-state index in [0.717, 1.165) is 11.1 Å². The fraction of sp³-hybridized carbons (Fsp3) is 0.286. The molecule has 0 N–H and O–H groups in total. The number of aryl methyl sites for hydroxylation is 1. The predicted molar refractivity (Wildman–Crippen MR) is 104 cm³/mol. The summed E-state index contributed by atoms with van der Waals surface area (Å²) in [6.07, 6.45) is 1.12. The van der Waals surface area contributed by atoms with Gasteiger partial charge in [-0.1, -0.05) is 54.6 Å². The van der Waals surface area contributed by atoms with E-state index in [1.807, 2.05) is 37.3 Å². The van der Waals surface area contributed by atoms with Crippen molar-refractivity contribution in [2.45, 2.75) is 36.7 Å². The van der Waals surface area contributed by atoms with Crippen LogP contribution in [0.4, 0.5) is 0 Å². The molecule has 0 bridgehead atoms. The van der Waals surface area contributed by atoms with E-state index in [9.17, 15) is 13.2 Å². The highest BCUT2D eigenvalue weighted by Crippen LogP contribution is 2.42. The van der Waals surface area contributed by atoms with Crippen molar-refractivity contribution in [2.75, 3.05) is 7.11 Å². The van der Waals surface area contributed by atoms with Crippen LogP contribution in [-0.4, -0.2) is 31.8 Å². The van der Waals surface area contributed by atoms with Gasteiger partial charge in [0.15, 0.2) is 0 Å². The molecule has 1 heterocycles. The zero-order valence-corrected chi connectivity index (χ0v) is 16.3. The molecule has 2 aromatic carbocycles. The number of methoxy groups -OCH3 is 1. The molecule has 2 atom stereocenters. The van der Waals surface area contributed by atoms with E-state index in [2.05, 4.69) is 6.58 Å². The Morgan fingerprint density at radius 2 is 1.70 bits per heavy atom. The molecule has 1 fully saturated rings. The van der Waals surface area contributed by atoms with Crippen molar-refractivity contribution in [3.8, 4) is 0 Å². The minimum Gasteiger partial charge on any atom is -0.466 e. The minimum atomic E-state index is -3.82. The van der Waals surface area contributed by atoms with E-state index < -0.39 is 22.0 Å². The Morgan fingerprint density at radius 3 is 2.30 bits per heavy atom. The van der Waals surface area contributed by atoms with Gasteiger partial charge >= 0.3 is 5.97 Å². The van der Waals surface area contributed by atoms with Crippen LogP contribution in [0, 0.1) is 6.92 Å². The average Bonchev–Trinajstić information content (AvgIpc) is 3.13. The van der Waals surface area contributed by atoms with E-state index in [4.69, 9.17) is 4.74 Å². The van der Waals surface area contributed by atoms with Crippen molar-refractivity contribution >= 4 is 16.0 Å². The first-order valence-electron chi connectivity index (χ1n) is 8.78. The number of benzene rings is 2. The molecule has 0 aliphatic carbocycles. The molecule has 0 saturated carbocycles. The number of hydrogen-bond donors (Lipinski definition) is 0. The summed E-state index contributed by atoms with van der Waals surface area (Å²) in [4.78, 5) is 12.3. The van der Waals surface area contributed by atoms with Gasteiger partial charge in [0, 0.05) is 5.57 Å². The van der Waals surface area contributed by atoms with Crippen molar-refractivity contribution in [3.05, 3.63) is 77.9 Å². The third kappa shape index (κ3) is 3.68.